The lowest BCUT2D eigenvalue weighted by Crippen LogP contribution is -1.99. The van der Waals surface area contributed by atoms with E-state index in [2.05, 4.69) is 21.6 Å². The molecule has 0 atom stereocenters. The zero-order valence-electron chi connectivity index (χ0n) is 11.8. The van der Waals surface area contributed by atoms with Crippen LogP contribution in [0.25, 0.3) is 10.2 Å². The highest BCUT2D eigenvalue weighted by atomic mass is 32.1. The van der Waals surface area contributed by atoms with E-state index in [0.29, 0.717) is 0 Å². The van der Waals surface area contributed by atoms with Crippen LogP contribution in [-0.4, -0.2) is 17.8 Å². The SMILES string of the molecule is COc1cccc(/C(C)=N/Nc2nc3ccccc3s2)c1. The minimum Gasteiger partial charge on any atom is -0.497 e. The zero-order chi connectivity index (χ0) is 14.7. The summed E-state index contributed by atoms with van der Waals surface area (Å²) in [4.78, 5) is 4.49. The second kappa shape index (κ2) is 5.93. The van der Waals surface area contributed by atoms with Crippen LogP contribution in [0.4, 0.5) is 5.13 Å². The lowest BCUT2D eigenvalue weighted by Gasteiger charge is -2.04. The Morgan fingerprint density at radius 1 is 1.19 bits per heavy atom. The van der Waals surface area contributed by atoms with Crippen molar-refractivity contribution in [2.24, 2.45) is 5.10 Å². The number of aromatic nitrogens is 1. The molecule has 21 heavy (non-hydrogen) atoms. The van der Waals surface area contributed by atoms with Crippen molar-refractivity contribution in [3.05, 3.63) is 54.1 Å². The quantitative estimate of drug-likeness (QED) is 0.581. The van der Waals surface area contributed by atoms with Gasteiger partial charge in [-0.05, 0) is 31.2 Å². The first-order chi connectivity index (χ1) is 10.3. The molecule has 0 aliphatic rings. The Balaban J connectivity index is 1.80. The van der Waals surface area contributed by atoms with Crippen molar-refractivity contribution in [1.82, 2.24) is 4.98 Å². The molecule has 0 fully saturated rings. The Hall–Kier alpha value is -2.40. The predicted octanol–water partition coefficient (Wildman–Crippen LogP) is 4.14. The van der Waals surface area contributed by atoms with Gasteiger partial charge in [-0.1, -0.05) is 35.6 Å². The number of nitrogens with one attached hydrogen (secondary N) is 1. The highest BCUT2D eigenvalue weighted by Crippen LogP contribution is 2.25. The maximum atomic E-state index is 5.22. The average Bonchev–Trinajstić information content (AvgIpc) is 2.95. The van der Waals surface area contributed by atoms with Crippen molar-refractivity contribution >= 4 is 32.4 Å². The van der Waals surface area contributed by atoms with Crippen LogP contribution in [-0.2, 0) is 0 Å². The second-order valence-corrected chi connectivity index (χ2v) is 5.56. The number of hydrogen-bond donors (Lipinski definition) is 1. The van der Waals surface area contributed by atoms with Crippen LogP contribution in [0.2, 0.25) is 0 Å². The molecule has 1 aromatic heterocycles. The van der Waals surface area contributed by atoms with Gasteiger partial charge in [-0.25, -0.2) is 4.98 Å². The largest absolute Gasteiger partial charge is 0.497 e. The van der Waals surface area contributed by atoms with Gasteiger partial charge in [-0.3, -0.25) is 5.43 Å². The zero-order valence-corrected chi connectivity index (χ0v) is 12.6. The number of hydrazone groups is 1. The fourth-order valence-electron chi connectivity index (χ4n) is 1.96. The van der Waals surface area contributed by atoms with Gasteiger partial charge < -0.3 is 4.74 Å². The maximum Gasteiger partial charge on any atom is 0.204 e. The summed E-state index contributed by atoms with van der Waals surface area (Å²) >= 11 is 1.59. The van der Waals surface area contributed by atoms with E-state index in [1.54, 1.807) is 18.4 Å². The fraction of sp³-hybridized carbons (Fsp3) is 0.125. The van der Waals surface area contributed by atoms with Crippen molar-refractivity contribution in [3.8, 4) is 5.75 Å². The number of fused-ring (bicyclic) bond motifs is 1. The average molecular weight is 297 g/mol. The molecule has 1 heterocycles. The monoisotopic (exact) mass is 297 g/mol. The standard InChI is InChI=1S/C16H15N3OS/c1-11(12-6-5-7-13(10-12)20-2)18-19-16-17-14-8-3-4-9-15(14)21-16/h3-10H,1-2H3,(H,17,19)/b18-11+. The van der Waals surface area contributed by atoms with Gasteiger partial charge in [0.25, 0.3) is 0 Å². The van der Waals surface area contributed by atoms with Crippen LogP contribution in [0.3, 0.4) is 0 Å². The van der Waals surface area contributed by atoms with Crippen LogP contribution in [0.5, 0.6) is 5.75 Å². The minimum atomic E-state index is 0.790. The molecule has 0 bridgehead atoms. The van der Waals surface area contributed by atoms with E-state index in [0.717, 1.165) is 32.4 Å². The van der Waals surface area contributed by atoms with Gasteiger partial charge in [0.1, 0.15) is 5.75 Å². The molecular weight excluding hydrogens is 282 g/mol. The molecule has 106 valence electrons. The summed E-state index contributed by atoms with van der Waals surface area (Å²) in [7, 11) is 1.66. The Kier molecular flexibility index (Phi) is 3.83. The van der Waals surface area contributed by atoms with E-state index >= 15 is 0 Å². The number of methoxy groups -OCH3 is 1. The Morgan fingerprint density at radius 3 is 2.86 bits per heavy atom. The summed E-state index contributed by atoms with van der Waals surface area (Å²) in [6, 6.07) is 15.9. The van der Waals surface area contributed by atoms with Crippen molar-refractivity contribution in [2.45, 2.75) is 6.92 Å². The van der Waals surface area contributed by atoms with E-state index in [1.165, 1.54) is 0 Å². The van der Waals surface area contributed by atoms with E-state index in [9.17, 15) is 0 Å². The summed E-state index contributed by atoms with van der Waals surface area (Å²) in [5.41, 5.74) is 5.91. The molecule has 2 aromatic carbocycles. The van der Waals surface area contributed by atoms with E-state index in [4.69, 9.17) is 4.74 Å². The molecule has 0 amide bonds. The first kappa shape index (κ1) is 13.6. The number of benzene rings is 2. The molecule has 5 heteroatoms. The molecule has 1 N–H and O–H groups in total. The Bertz CT molecular complexity index is 762. The predicted molar refractivity (Wildman–Crippen MR) is 88.4 cm³/mol. The first-order valence-corrected chi connectivity index (χ1v) is 7.38. The number of nitrogens with zero attached hydrogens (tertiary/aromatic N) is 2. The van der Waals surface area contributed by atoms with Crippen LogP contribution in [0.15, 0.2) is 53.6 Å². The molecule has 3 rings (SSSR count). The van der Waals surface area contributed by atoms with Gasteiger partial charge in [0.15, 0.2) is 0 Å². The van der Waals surface area contributed by atoms with Crippen LogP contribution in [0, 0.1) is 0 Å². The number of thiazole rings is 1. The van der Waals surface area contributed by atoms with Crippen LogP contribution < -0.4 is 10.2 Å². The molecule has 0 saturated heterocycles. The van der Waals surface area contributed by atoms with Gasteiger partial charge in [-0.15, -0.1) is 0 Å². The smallest absolute Gasteiger partial charge is 0.204 e. The normalized spacial score (nSPS) is 11.6. The highest BCUT2D eigenvalue weighted by Gasteiger charge is 2.03. The molecule has 0 aliphatic heterocycles. The van der Waals surface area contributed by atoms with Crippen LogP contribution >= 0.6 is 11.3 Å². The van der Waals surface area contributed by atoms with Gasteiger partial charge in [0, 0.05) is 5.56 Å². The van der Waals surface area contributed by atoms with Gasteiger partial charge in [0.2, 0.25) is 5.13 Å². The van der Waals surface area contributed by atoms with Gasteiger partial charge in [-0.2, -0.15) is 5.10 Å². The van der Waals surface area contributed by atoms with Crippen molar-refractivity contribution in [1.29, 1.82) is 0 Å². The van der Waals surface area contributed by atoms with E-state index in [1.807, 2.05) is 49.4 Å². The second-order valence-electron chi connectivity index (χ2n) is 4.53. The van der Waals surface area contributed by atoms with E-state index in [-0.39, 0.29) is 0 Å². The van der Waals surface area contributed by atoms with Crippen LogP contribution in [0.1, 0.15) is 12.5 Å². The minimum absolute atomic E-state index is 0.790. The lowest BCUT2D eigenvalue weighted by molar-refractivity contribution is 0.414. The summed E-state index contributed by atoms with van der Waals surface area (Å²) in [5.74, 6) is 0.821. The number of anilines is 1. The summed E-state index contributed by atoms with van der Waals surface area (Å²) in [5, 5.41) is 5.18. The van der Waals surface area contributed by atoms with Crippen molar-refractivity contribution < 1.29 is 4.74 Å². The summed E-state index contributed by atoms with van der Waals surface area (Å²) < 4.78 is 6.37. The van der Waals surface area contributed by atoms with Crippen molar-refractivity contribution in [3.63, 3.8) is 0 Å². The number of ether oxygens (including phenoxy) is 1. The van der Waals surface area contributed by atoms with Crippen molar-refractivity contribution in [2.75, 3.05) is 12.5 Å². The molecule has 0 radical (unpaired) electrons. The highest BCUT2D eigenvalue weighted by molar-refractivity contribution is 7.22. The molecule has 0 unspecified atom stereocenters. The fourth-order valence-corrected chi connectivity index (χ4v) is 2.77. The topological polar surface area (TPSA) is 46.5 Å². The molecule has 3 aromatic rings. The molecule has 0 aliphatic carbocycles. The summed E-state index contributed by atoms with van der Waals surface area (Å²) in [6.07, 6.45) is 0. The molecular formula is C16H15N3OS. The third kappa shape index (κ3) is 3.03. The number of para-hydroxylation sites is 1. The third-order valence-electron chi connectivity index (χ3n) is 3.10. The lowest BCUT2D eigenvalue weighted by atomic mass is 10.1. The Morgan fingerprint density at radius 2 is 2.05 bits per heavy atom. The molecule has 4 nitrogen and oxygen atoms in total. The van der Waals surface area contributed by atoms with Gasteiger partial charge in [0.05, 0.1) is 23.0 Å². The first-order valence-electron chi connectivity index (χ1n) is 6.56. The third-order valence-corrected chi connectivity index (χ3v) is 4.04. The van der Waals surface area contributed by atoms with E-state index < -0.39 is 0 Å². The maximum absolute atomic E-state index is 5.22. The molecule has 0 spiro atoms. The number of rotatable bonds is 4. The van der Waals surface area contributed by atoms with Gasteiger partial charge >= 0.3 is 0 Å². The number of hydrogen-bond acceptors (Lipinski definition) is 5. The summed E-state index contributed by atoms with van der Waals surface area (Å²) in [6.45, 7) is 1.95. The Labute approximate surface area is 127 Å². The molecule has 0 saturated carbocycles.